The number of carbonyl (C=O) groups is 2. The van der Waals surface area contributed by atoms with Crippen molar-refractivity contribution in [2.45, 2.75) is 135 Å². The summed E-state index contributed by atoms with van der Waals surface area (Å²) < 4.78 is 0. The Morgan fingerprint density at radius 1 is 0.676 bits per heavy atom. The fourth-order valence-electron chi connectivity index (χ4n) is 4.09. The molecule has 1 saturated carbocycles. The van der Waals surface area contributed by atoms with E-state index in [9.17, 15) is 19.8 Å². The molecule has 196 valence electrons. The van der Waals surface area contributed by atoms with Gasteiger partial charge in [-0.05, 0) is 63.7 Å². The van der Waals surface area contributed by atoms with Gasteiger partial charge >= 0.3 is 34.1 Å². The van der Waals surface area contributed by atoms with Gasteiger partial charge < -0.3 is 19.8 Å². The molecule has 1 aliphatic carbocycles. The van der Waals surface area contributed by atoms with Crippen LogP contribution in [0.1, 0.15) is 135 Å². The smallest absolute Gasteiger partial charge is 0.550 e. The maximum absolute atomic E-state index is 10.2. The van der Waals surface area contributed by atoms with Crippen molar-refractivity contribution in [1.82, 2.24) is 0 Å². The van der Waals surface area contributed by atoms with Gasteiger partial charge in [0, 0.05) is 11.9 Å². The minimum atomic E-state index is -0.921. The second-order valence-electron chi connectivity index (χ2n) is 9.12. The van der Waals surface area contributed by atoms with Crippen LogP contribution in [0.25, 0.3) is 0 Å². The third kappa shape index (κ3) is 31.5. The van der Waals surface area contributed by atoms with Crippen molar-refractivity contribution in [3.05, 3.63) is 24.3 Å². The summed E-state index contributed by atoms with van der Waals surface area (Å²) in [6, 6.07) is 0. The molecule has 0 aromatic carbocycles. The van der Waals surface area contributed by atoms with Crippen molar-refractivity contribution in [2.75, 3.05) is 0 Å². The molecule has 1 aliphatic rings. The third-order valence-corrected chi connectivity index (χ3v) is 6.05. The van der Waals surface area contributed by atoms with E-state index >= 15 is 0 Å². The standard InChI is InChI=1S/C18H32O2.C10H18O2.2Mn/c1-2-3-4-5-6-7-8-9-10-11-12-13-14-15-16-17-18(19)20;11-10(12)8-4-7-9-5-2-1-3-6-9;;/h6-7,9-10H,2-5,8,11-17H2,1H3,(H,19,20);9H,1-8H2,(H,11,12);;/q;;2*+2/p-2/b7-6-,10-9-;;;. The van der Waals surface area contributed by atoms with Crippen molar-refractivity contribution in [3.63, 3.8) is 0 Å². The second kappa shape index (κ2) is 30.5. The first-order valence-corrected chi connectivity index (χ1v) is 13.3. The van der Waals surface area contributed by atoms with Crippen molar-refractivity contribution >= 4 is 11.9 Å². The van der Waals surface area contributed by atoms with Crippen LogP contribution in [0, 0.1) is 5.92 Å². The first-order valence-electron chi connectivity index (χ1n) is 13.3. The van der Waals surface area contributed by atoms with E-state index in [1.807, 2.05) is 0 Å². The minimum absolute atomic E-state index is 0. The number of carbonyl (C=O) groups excluding carboxylic acids is 2. The number of aliphatic carboxylic acids is 2. The van der Waals surface area contributed by atoms with Gasteiger partial charge in [0.05, 0.1) is 0 Å². The van der Waals surface area contributed by atoms with Crippen LogP contribution in [-0.4, -0.2) is 11.9 Å². The molecule has 2 radical (unpaired) electrons. The maximum atomic E-state index is 10.2. The van der Waals surface area contributed by atoms with Crippen molar-refractivity contribution in [3.8, 4) is 0 Å². The number of allylic oxidation sites excluding steroid dienone is 4. The molecule has 0 heterocycles. The Hall–Kier alpha value is -0.541. The van der Waals surface area contributed by atoms with Gasteiger partial charge in [-0.25, -0.2) is 0 Å². The Bertz CT molecular complexity index is 501. The normalized spacial score (nSPS) is 13.7. The van der Waals surface area contributed by atoms with Crippen molar-refractivity contribution in [2.24, 2.45) is 5.92 Å². The van der Waals surface area contributed by atoms with Gasteiger partial charge in [-0.3, -0.25) is 0 Å². The molecule has 0 saturated heterocycles. The SMILES string of the molecule is CCCCC/C=C\C/C=C\CCCCCCCC(=O)[O-].O=C([O-])CCCC1CCCCC1.[Mn+2].[Mn+2]. The van der Waals surface area contributed by atoms with E-state index in [0.29, 0.717) is 0 Å². The molecule has 0 amide bonds. The van der Waals surface area contributed by atoms with Crippen LogP contribution in [0.15, 0.2) is 24.3 Å². The van der Waals surface area contributed by atoms with Crippen LogP contribution >= 0.6 is 0 Å². The van der Waals surface area contributed by atoms with Gasteiger partial charge in [-0.2, -0.15) is 0 Å². The molecule has 0 aliphatic heterocycles. The summed E-state index contributed by atoms with van der Waals surface area (Å²) in [6.07, 6.45) is 30.8. The number of hydrogen-bond acceptors (Lipinski definition) is 4. The monoisotopic (exact) mass is 558 g/mol. The van der Waals surface area contributed by atoms with Crippen LogP contribution in [0.3, 0.4) is 0 Å². The average Bonchev–Trinajstić information content (AvgIpc) is 2.77. The molecule has 0 bridgehead atoms. The molecular formula is C28H48Mn2O4+2. The molecule has 0 atom stereocenters. The average molecular weight is 559 g/mol. The van der Waals surface area contributed by atoms with Gasteiger partial charge in [0.15, 0.2) is 0 Å². The Kier molecular flexibility index (Phi) is 34.1. The van der Waals surface area contributed by atoms with Crippen LogP contribution < -0.4 is 10.2 Å². The number of rotatable bonds is 18. The third-order valence-electron chi connectivity index (χ3n) is 6.05. The van der Waals surface area contributed by atoms with E-state index in [2.05, 4.69) is 31.2 Å². The summed E-state index contributed by atoms with van der Waals surface area (Å²) in [5.41, 5.74) is 0. The van der Waals surface area contributed by atoms with Gasteiger partial charge in [-0.15, -0.1) is 0 Å². The molecule has 0 unspecified atom stereocenters. The quantitative estimate of drug-likeness (QED) is 0.117. The predicted molar refractivity (Wildman–Crippen MR) is 130 cm³/mol. The number of unbranched alkanes of at least 4 members (excludes halogenated alkanes) is 8. The molecule has 1 rings (SSSR count). The van der Waals surface area contributed by atoms with E-state index in [-0.39, 0.29) is 47.0 Å². The molecule has 6 heteroatoms. The maximum Gasteiger partial charge on any atom is 2.00 e. The zero-order valence-electron chi connectivity index (χ0n) is 21.4. The Balaban J connectivity index is -0.000000590. The zero-order chi connectivity index (χ0) is 23.7. The molecule has 0 N–H and O–H groups in total. The predicted octanol–water partition coefficient (Wildman–Crippen LogP) is 6.03. The van der Waals surface area contributed by atoms with E-state index in [1.165, 1.54) is 70.6 Å². The molecule has 34 heavy (non-hydrogen) atoms. The summed E-state index contributed by atoms with van der Waals surface area (Å²) in [4.78, 5) is 20.3. The fourth-order valence-corrected chi connectivity index (χ4v) is 4.09. The summed E-state index contributed by atoms with van der Waals surface area (Å²) in [5, 5.41) is 20.3. The van der Waals surface area contributed by atoms with Gasteiger partial charge in [0.1, 0.15) is 0 Å². The first kappa shape index (κ1) is 38.0. The second-order valence-corrected chi connectivity index (χ2v) is 9.12. The molecular weight excluding hydrogens is 510 g/mol. The van der Waals surface area contributed by atoms with Crippen LogP contribution in [0.2, 0.25) is 0 Å². The van der Waals surface area contributed by atoms with Gasteiger partial charge in [-0.1, -0.05) is 102 Å². The molecule has 1 fully saturated rings. The summed E-state index contributed by atoms with van der Waals surface area (Å²) in [6.45, 7) is 2.23. The summed E-state index contributed by atoms with van der Waals surface area (Å²) in [7, 11) is 0. The van der Waals surface area contributed by atoms with E-state index in [0.717, 1.165) is 50.9 Å². The number of carboxylic acid groups (broad SMARTS) is 2. The van der Waals surface area contributed by atoms with E-state index < -0.39 is 11.9 Å². The van der Waals surface area contributed by atoms with Gasteiger partial charge in [0.25, 0.3) is 0 Å². The molecule has 0 spiro atoms. The summed E-state index contributed by atoms with van der Waals surface area (Å²) in [5.74, 6) is -1.01. The minimum Gasteiger partial charge on any atom is -0.550 e. The zero-order valence-corrected chi connectivity index (χ0v) is 23.8. The van der Waals surface area contributed by atoms with Gasteiger partial charge in [0.2, 0.25) is 0 Å². The Morgan fingerprint density at radius 2 is 1.18 bits per heavy atom. The van der Waals surface area contributed by atoms with E-state index in [4.69, 9.17) is 0 Å². The van der Waals surface area contributed by atoms with Crippen LogP contribution in [0.5, 0.6) is 0 Å². The topological polar surface area (TPSA) is 80.3 Å². The number of carboxylic acids is 2. The first-order chi connectivity index (χ1) is 15.6. The summed E-state index contributed by atoms with van der Waals surface area (Å²) >= 11 is 0. The van der Waals surface area contributed by atoms with E-state index in [1.54, 1.807) is 0 Å². The largest absolute Gasteiger partial charge is 2.00 e. The fraction of sp³-hybridized carbons (Fsp3) is 0.786. The molecule has 0 aromatic heterocycles. The Morgan fingerprint density at radius 3 is 1.74 bits per heavy atom. The van der Waals surface area contributed by atoms with Crippen LogP contribution in [-0.2, 0) is 43.7 Å². The number of hydrogen-bond donors (Lipinski definition) is 0. The molecule has 0 aromatic rings. The van der Waals surface area contributed by atoms with Crippen LogP contribution in [0.4, 0.5) is 0 Å². The Labute approximate surface area is 230 Å². The van der Waals surface area contributed by atoms with Crippen molar-refractivity contribution in [1.29, 1.82) is 0 Å². The van der Waals surface area contributed by atoms with Crippen molar-refractivity contribution < 1.29 is 53.9 Å². The molecule has 4 nitrogen and oxygen atoms in total.